The first-order valence-electron chi connectivity index (χ1n) is 3.91. The first-order chi connectivity index (χ1) is 4.76. The van der Waals surface area contributed by atoms with E-state index in [9.17, 15) is 0 Å². The highest BCUT2D eigenvalue weighted by molar-refractivity contribution is 5.30. The van der Waals surface area contributed by atoms with Crippen molar-refractivity contribution < 1.29 is 0 Å². The summed E-state index contributed by atoms with van der Waals surface area (Å²) in [6.45, 7) is 9.96. The van der Waals surface area contributed by atoms with Gasteiger partial charge in [0.1, 0.15) is 0 Å². The van der Waals surface area contributed by atoms with Gasteiger partial charge in [-0.15, -0.1) is 0 Å². The predicted molar refractivity (Wildman–Crippen MR) is 47.4 cm³/mol. The minimum absolute atomic E-state index is 1.01. The molecule has 10 heavy (non-hydrogen) atoms. The minimum atomic E-state index is 1.01. The highest BCUT2D eigenvalue weighted by Gasteiger charge is 1.94. The van der Waals surface area contributed by atoms with Crippen LogP contribution in [0.25, 0.3) is 0 Å². The average Bonchev–Trinajstić information content (AvgIpc) is 1.91. The zero-order chi connectivity index (χ0) is 7.98. The van der Waals surface area contributed by atoms with Crippen LogP contribution in [0.2, 0.25) is 0 Å². The lowest BCUT2D eigenvalue weighted by Crippen LogP contribution is -1.83. The summed E-state index contributed by atoms with van der Waals surface area (Å²) >= 11 is 0. The van der Waals surface area contributed by atoms with Crippen molar-refractivity contribution >= 4 is 6.72 Å². The number of nitrogens with zero attached hydrogens (tertiary/aromatic N) is 1. The van der Waals surface area contributed by atoms with E-state index < -0.39 is 0 Å². The molecule has 0 unspecified atom stereocenters. The van der Waals surface area contributed by atoms with E-state index >= 15 is 0 Å². The molecule has 0 saturated carbocycles. The summed E-state index contributed by atoms with van der Waals surface area (Å²) in [5, 5.41) is 0. The number of hydrogen-bond donors (Lipinski definition) is 0. The zero-order valence-electron chi connectivity index (χ0n) is 7.28. The van der Waals surface area contributed by atoms with Gasteiger partial charge in [0, 0.05) is 5.70 Å². The Morgan fingerprint density at radius 2 is 2.00 bits per heavy atom. The summed E-state index contributed by atoms with van der Waals surface area (Å²) in [4.78, 5) is 3.95. The Morgan fingerprint density at radius 1 is 1.40 bits per heavy atom. The number of aliphatic imine (C=N–C) groups is 1. The molecule has 1 nitrogen and oxygen atoms in total. The van der Waals surface area contributed by atoms with E-state index in [2.05, 4.69) is 32.5 Å². The van der Waals surface area contributed by atoms with E-state index in [1.807, 2.05) is 0 Å². The molecule has 0 N–H and O–H groups in total. The maximum Gasteiger partial charge on any atom is 0.0382 e. The van der Waals surface area contributed by atoms with E-state index in [1.165, 1.54) is 17.7 Å². The highest BCUT2D eigenvalue weighted by atomic mass is 14.7. The van der Waals surface area contributed by atoms with E-state index in [1.54, 1.807) is 0 Å². The molecule has 0 saturated heterocycles. The molecule has 0 rings (SSSR count). The van der Waals surface area contributed by atoms with Crippen LogP contribution in [0.3, 0.4) is 0 Å². The Kier molecular flexibility index (Phi) is 4.91. The summed E-state index contributed by atoms with van der Waals surface area (Å²) in [5.74, 6) is 0. The Bertz CT molecular complexity index is 134. The summed E-state index contributed by atoms with van der Waals surface area (Å²) in [6, 6.07) is 0. The van der Waals surface area contributed by atoms with Gasteiger partial charge < -0.3 is 0 Å². The molecular formula is C9H17N. The summed E-state index contributed by atoms with van der Waals surface area (Å²) < 4.78 is 0. The zero-order valence-corrected chi connectivity index (χ0v) is 7.28. The molecule has 0 aliphatic carbocycles. The van der Waals surface area contributed by atoms with E-state index in [-0.39, 0.29) is 0 Å². The van der Waals surface area contributed by atoms with Crippen LogP contribution in [0.5, 0.6) is 0 Å². The topological polar surface area (TPSA) is 12.4 Å². The fourth-order valence-corrected chi connectivity index (χ4v) is 1.07. The molecule has 0 spiro atoms. The minimum Gasteiger partial charge on any atom is -0.269 e. The summed E-state index contributed by atoms with van der Waals surface area (Å²) in [6.07, 6.45) is 3.36. The van der Waals surface area contributed by atoms with E-state index in [0.29, 0.717) is 0 Å². The SMILES string of the molecule is C=N/C(CC)=C(/C)CCC. The van der Waals surface area contributed by atoms with Gasteiger partial charge in [-0.2, -0.15) is 0 Å². The number of allylic oxidation sites excluding steroid dienone is 2. The van der Waals surface area contributed by atoms with E-state index in [0.717, 1.165) is 12.8 Å². The Labute approximate surface area is 63.9 Å². The fraction of sp³-hybridized carbons (Fsp3) is 0.667. The fourth-order valence-electron chi connectivity index (χ4n) is 1.07. The van der Waals surface area contributed by atoms with Crippen LogP contribution in [-0.4, -0.2) is 6.72 Å². The van der Waals surface area contributed by atoms with Crippen LogP contribution in [0.1, 0.15) is 40.0 Å². The molecule has 0 aliphatic heterocycles. The third-order valence-corrected chi connectivity index (χ3v) is 1.64. The molecule has 0 bridgehead atoms. The van der Waals surface area contributed by atoms with Gasteiger partial charge in [0.2, 0.25) is 0 Å². The van der Waals surface area contributed by atoms with Gasteiger partial charge in [-0.25, -0.2) is 0 Å². The average molecular weight is 139 g/mol. The van der Waals surface area contributed by atoms with Gasteiger partial charge in [0.05, 0.1) is 0 Å². The van der Waals surface area contributed by atoms with E-state index in [4.69, 9.17) is 0 Å². The molecule has 0 atom stereocenters. The molecule has 1 heteroatoms. The Balaban J connectivity index is 4.12. The normalized spacial score (nSPS) is 12.7. The molecule has 0 aromatic heterocycles. The van der Waals surface area contributed by atoms with Crippen molar-refractivity contribution in [2.24, 2.45) is 4.99 Å². The first kappa shape index (κ1) is 9.41. The second-order valence-electron chi connectivity index (χ2n) is 2.49. The van der Waals surface area contributed by atoms with Crippen molar-refractivity contribution in [2.75, 3.05) is 0 Å². The van der Waals surface area contributed by atoms with Gasteiger partial charge >= 0.3 is 0 Å². The Hall–Kier alpha value is -0.590. The lowest BCUT2D eigenvalue weighted by Gasteiger charge is -2.02. The second kappa shape index (κ2) is 5.21. The van der Waals surface area contributed by atoms with Gasteiger partial charge in [-0.3, -0.25) is 4.99 Å². The number of rotatable bonds is 4. The van der Waals surface area contributed by atoms with Gasteiger partial charge in [-0.1, -0.05) is 25.8 Å². The largest absolute Gasteiger partial charge is 0.269 e. The van der Waals surface area contributed by atoms with Gasteiger partial charge in [0.15, 0.2) is 0 Å². The van der Waals surface area contributed by atoms with Crippen LogP contribution in [0.4, 0.5) is 0 Å². The molecule has 0 amide bonds. The van der Waals surface area contributed by atoms with Crippen molar-refractivity contribution in [1.82, 2.24) is 0 Å². The van der Waals surface area contributed by atoms with Crippen LogP contribution in [0, 0.1) is 0 Å². The molecule has 58 valence electrons. The lowest BCUT2D eigenvalue weighted by atomic mass is 10.1. The second-order valence-corrected chi connectivity index (χ2v) is 2.49. The molecule has 0 heterocycles. The third kappa shape index (κ3) is 2.81. The number of hydrogen-bond acceptors (Lipinski definition) is 1. The third-order valence-electron chi connectivity index (χ3n) is 1.64. The summed E-state index contributed by atoms with van der Waals surface area (Å²) in [5.41, 5.74) is 2.56. The first-order valence-corrected chi connectivity index (χ1v) is 3.91. The molecule has 0 radical (unpaired) electrons. The maximum atomic E-state index is 3.95. The van der Waals surface area contributed by atoms with Gasteiger partial charge in [0.25, 0.3) is 0 Å². The van der Waals surface area contributed by atoms with Crippen LogP contribution in [-0.2, 0) is 0 Å². The van der Waals surface area contributed by atoms with Crippen molar-refractivity contribution in [3.8, 4) is 0 Å². The molecule has 0 aliphatic rings. The predicted octanol–water partition coefficient (Wildman–Crippen LogP) is 3.17. The van der Waals surface area contributed by atoms with Crippen LogP contribution in [0.15, 0.2) is 16.3 Å². The van der Waals surface area contributed by atoms with Crippen molar-refractivity contribution in [1.29, 1.82) is 0 Å². The highest BCUT2D eigenvalue weighted by Crippen LogP contribution is 2.13. The van der Waals surface area contributed by atoms with Crippen LogP contribution < -0.4 is 0 Å². The van der Waals surface area contributed by atoms with Crippen molar-refractivity contribution in [2.45, 2.75) is 40.0 Å². The van der Waals surface area contributed by atoms with Crippen molar-refractivity contribution in [3.05, 3.63) is 11.3 Å². The maximum absolute atomic E-state index is 3.95. The standard InChI is InChI=1S/C9H17N/c1-5-7-8(3)9(6-2)10-4/h4-7H2,1-3H3/b9-8-. The molecule has 0 aromatic rings. The summed E-state index contributed by atoms with van der Waals surface area (Å²) in [7, 11) is 0. The molecule has 0 aromatic carbocycles. The monoisotopic (exact) mass is 139 g/mol. The smallest absolute Gasteiger partial charge is 0.0382 e. The molecular weight excluding hydrogens is 122 g/mol. The molecule has 0 fully saturated rings. The quantitative estimate of drug-likeness (QED) is 0.530. The van der Waals surface area contributed by atoms with Gasteiger partial charge in [-0.05, 0) is 26.5 Å². The Morgan fingerprint density at radius 3 is 2.30 bits per heavy atom. The van der Waals surface area contributed by atoms with Crippen LogP contribution >= 0.6 is 0 Å². The lowest BCUT2D eigenvalue weighted by molar-refractivity contribution is 0.869. The van der Waals surface area contributed by atoms with Crippen molar-refractivity contribution in [3.63, 3.8) is 0 Å².